The highest BCUT2D eigenvalue weighted by atomic mass is 35.5. The van der Waals surface area contributed by atoms with Crippen molar-refractivity contribution in [1.29, 1.82) is 0 Å². The lowest BCUT2D eigenvalue weighted by atomic mass is 10.1. The standard InChI is InChI=1S/C24H18ClF2N5O/c1-14-12-31(13-28-14)23-20(27)8-15(9-21(23)33-2)10-22-29-24-18(4-3-7-32(24)30-22)17-6-5-16(26)11-19(17)25/h3-9,11-13H,10H2,1-2H3. The van der Waals surface area contributed by atoms with E-state index in [0.29, 0.717) is 28.3 Å². The van der Waals surface area contributed by atoms with Crippen LogP contribution in [0.5, 0.6) is 5.75 Å². The van der Waals surface area contributed by atoms with Gasteiger partial charge in [-0.2, -0.15) is 5.10 Å². The van der Waals surface area contributed by atoms with E-state index in [4.69, 9.17) is 16.3 Å². The van der Waals surface area contributed by atoms with Gasteiger partial charge in [-0.3, -0.25) is 0 Å². The number of imidazole rings is 1. The maximum absolute atomic E-state index is 15.0. The Bertz CT molecular complexity index is 1490. The highest BCUT2D eigenvalue weighted by Crippen LogP contribution is 2.32. The lowest BCUT2D eigenvalue weighted by Gasteiger charge is -2.12. The van der Waals surface area contributed by atoms with Gasteiger partial charge in [-0.15, -0.1) is 0 Å². The van der Waals surface area contributed by atoms with Crippen LogP contribution in [0.4, 0.5) is 8.78 Å². The number of hydrogen-bond donors (Lipinski definition) is 0. The molecule has 0 spiro atoms. The van der Waals surface area contributed by atoms with Gasteiger partial charge in [0, 0.05) is 29.9 Å². The van der Waals surface area contributed by atoms with Crippen molar-refractivity contribution in [3.63, 3.8) is 0 Å². The fourth-order valence-corrected chi connectivity index (χ4v) is 4.07. The first-order valence-corrected chi connectivity index (χ1v) is 10.5. The molecular weight excluding hydrogens is 448 g/mol. The molecule has 6 nitrogen and oxygen atoms in total. The van der Waals surface area contributed by atoms with E-state index >= 15 is 4.39 Å². The first kappa shape index (κ1) is 21.1. The summed E-state index contributed by atoms with van der Waals surface area (Å²) in [7, 11) is 1.49. The molecule has 0 aliphatic rings. The van der Waals surface area contributed by atoms with Crippen LogP contribution in [-0.2, 0) is 6.42 Å². The van der Waals surface area contributed by atoms with E-state index in [-0.39, 0.29) is 17.1 Å². The molecule has 3 aromatic heterocycles. The van der Waals surface area contributed by atoms with Crippen molar-refractivity contribution in [3.8, 4) is 22.6 Å². The van der Waals surface area contributed by atoms with Crippen LogP contribution >= 0.6 is 11.6 Å². The molecule has 2 aromatic carbocycles. The van der Waals surface area contributed by atoms with Gasteiger partial charge in [-0.1, -0.05) is 11.6 Å². The Hall–Kier alpha value is -3.78. The number of aryl methyl sites for hydroxylation is 1. The summed E-state index contributed by atoms with van der Waals surface area (Å²) in [4.78, 5) is 8.79. The second kappa shape index (κ2) is 8.29. The molecular formula is C24H18ClF2N5O. The van der Waals surface area contributed by atoms with Crippen molar-refractivity contribution in [3.05, 3.63) is 94.9 Å². The molecule has 0 atom stereocenters. The molecule has 0 N–H and O–H groups in total. The average molecular weight is 466 g/mol. The third kappa shape index (κ3) is 3.93. The minimum Gasteiger partial charge on any atom is -0.494 e. The lowest BCUT2D eigenvalue weighted by Crippen LogP contribution is -2.02. The smallest absolute Gasteiger partial charge is 0.163 e. The number of ether oxygens (including phenoxy) is 1. The molecule has 0 amide bonds. The number of benzene rings is 2. The van der Waals surface area contributed by atoms with Gasteiger partial charge in [-0.25, -0.2) is 23.3 Å². The summed E-state index contributed by atoms with van der Waals surface area (Å²) in [6, 6.07) is 11.1. The van der Waals surface area contributed by atoms with Crippen molar-refractivity contribution in [2.45, 2.75) is 13.3 Å². The van der Waals surface area contributed by atoms with E-state index in [9.17, 15) is 4.39 Å². The van der Waals surface area contributed by atoms with Gasteiger partial charge in [0.25, 0.3) is 0 Å². The third-order valence-electron chi connectivity index (χ3n) is 5.27. The quantitative estimate of drug-likeness (QED) is 0.347. The molecule has 0 aliphatic carbocycles. The first-order chi connectivity index (χ1) is 15.9. The second-order valence-electron chi connectivity index (χ2n) is 7.57. The monoisotopic (exact) mass is 465 g/mol. The highest BCUT2D eigenvalue weighted by molar-refractivity contribution is 6.33. The van der Waals surface area contributed by atoms with Crippen LogP contribution in [0, 0.1) is 18.6 Å². The third-order valence-corrected chi connectivity index (χ3v) is 5.58. The van der Waals surface area contributed by atoms with Crippen molar-refractivity contribution in [2.75, 3.05) is 7.11 Å². The Morgan fingerprint density at radius 3 is 2.67 bits per heavy atom. The van der Waals surface area contributed by atoms with Gasteiger partial charge in [0.05, 0.1) is 24.2 Å². The first-order valence-electron chi connectivity index (χ1n) is 10.1. The fraction of sp³-hybridized carbons (Fsp3) is 0.125. The molecule has 5 aromatic rings. The van der Waals surface area contributed by atoms with Crippen LogP contribution in [0.25, 0.3) is 22.5 Å². The SMILES string of the molecule is COc1cc(Cc2nc3c(-c4ccc(F)cc4Cl)cccn3n2)cc(F)c1-n1cnc(C)c1. The van der Waals surface area contributed by atoms with Gasteiger partial charge in [0.1, 0.15) is 17.3 Å². The molecule has 0 saturated heterocycles. The van der Waals surface area contributed by atoms with Crippen LogP contribution in [-0.4, -0.2) is 31.3 Å². The van der Waals surface area contributed by atoms with Crippen molar-refractivity contribution < 1.29 is 13.5 Å². The predicted molar refractivity (Wildman–Crippen MR) is 121 cm³/mol. The summed E-state index contributed by atoms with van der Waals surface area (Å²) in [6.45, 7) is 1.83. The number of aromatic nitrogens is 5. The van der Waals surface area contributed by atoms with E-state index in [1.165, 1.54) is 25.3 Å². The molecule has 5 rings (SSSR count). The molecule has 9 heteroatoms. The van der Waals surface area contributed by atoms with Crippen LogP contribution in [0.15, 0.2) is 61.2 Å². The Balaban J connectivity index is 1.53. The van der Waals surface area contributed by atoms with Gasteiger partial charge < -0.3 is 9.30 Å². The van der Waals surface area contributed by atoms with Crippen LogP contribution < -0.4 is 4.74 Å². The zero-order chi connectivity index (χ0) is 23.1. The zero-order valence-corrected chi connectivity index (χ0v) is 18.5. The molecule has 166 valence electrons. The summed E-state index contributed by atoms with van der Waals surface area (Å²) in [6.07, 6.45) is 5.32. The maximum Gasteiger partial charge on any atom is 0.163 e. The largest absolute Gasteiger partial charge is 0.494 e. The predicted octanol–water partition coefficient (Wildman–Crippen LogP) is 5.42. The normalized spacial score (nSPS) is 11.3. The molecule has 0 aliphatic heterocycles. The van der Waals surface area contributed by atoms with E-state index in [1.54, 1.807) is 39.9 Å². The molecule has 0 unspecified atom stereocenters. The number of methoxy groups -OCH3 is 1. The Kier molecular flexibility index (Phi) is 5.30. The van der Waals surface area contributed by atoms with Gasteiger partial charge in [0.2, 0.25) is 0 Å². The number of fused-ring (bicyclic) bond motifs is 1. The van der Waals surface area contributed by atoms with E-state index in [2.05, 4.69) is 15.1 Å². The van der Waals surface area contributed by atoms with Gasteiger partial charge in [-0.05, 0) is 55.0 Å². The lowest BCUT2D eigenvalue weighted by molar-refractivity contribution is 0.408. The molecule has 0 bridgehead atoms. The summed E-state index contributed by atoms with van der Waals surface area (Å²) >= 11 is 6.26. The summed E-state index contributed by atoms with van der Waals surface area (Å²) in [5.74, 6) is 0.0192. The Morgan fingerprint density at radius 1 is 1.09 bits per heavy atom. The number of rotatable bonds is 5. The highest BCUT2D eigenvalue weighted by Gasteiger charge is 2.17. The minimum absolute atomic E-state index is 0.282. The molecule has 0 radical (unpaired) electrons. The zero-order valence-electron chi connectivity index (χ0n) is 17.8. The topological polar surface area (TPSA) is 57.2 Å². The molecule has 0 saturated carbocycles. The molecule has 33 heavy (non-hydrogen) atoms. The van der Waals surface area contributed by atoms with Gasteiger partial charge >= 0.3 is 0 Å². The summed E-state index contributed by atoms with van der Waals surface area (Å²) in [5.41, 5.74) is 3.65. The fourth-order valence-electron chi connectivity index (χ4n) is 3.81. The summed E-state index contributed by atoms with van der Waals surface area (Å²) < 4.78 is 37.2. The average Bonchev–Trinajstić information content (AvgIpc) is 3.38. The van der Waals surface area contributed by atoms with Crippen LogP contribution in [0.1, 0.15) is 17.1 Å². The van der Waals surface area contributed by atoms with Crippen molar-refractivity contribution >= 4 is 17.2 Å². The molecule has 0 fully saturated rings. The van der Waals surface area contributed by atoms with Gasteiger partial charge in [0.15, 0.2) is 17.3 Å². The van der Waals surface area contributed by atoms with Crippen LogP contribution in [0.2, 0.25) is 5.02 Å². The number of halogens is 3. The van der Waals surface area contributed by atoms with Crippen molar-refractivity contribution in [2.24, 2.45) is 0 Å². The molecule has 3 heterocycles. The Labute approximate surface area is 193 Å². The second-order valence-corrected chi connectivity index (χ2v) is 7.98. The number of pyridine rings is 1. The van der Waals surface area contributed by atoms with E-state index in [0.717, 1.165) is 11.3 Å². The van der Waals surface area contributed by atoms with E-state index < -0.39 is 11.6 Å². The number of hydrogen-bond acceptors (Lipinski definition) is 4. The number of nitrogens with zero attached hydrogens (tertiary/aromatic N) is 5. The van der Waals surface area contributed by atoms with Crippen LogP contribution in [0.3, 0.4) is 0 Å². The minimum atomic E-state index is -0.440. The maximum atomic E-state index is 15.0. The van der Waals surface area contributed by atoms with Crippen molar-refractivity contribution in [1.82, 2.24) is 24.1 Å². The summed E-state index contributed by atoms with van der Waals surface area (Å²) in [5, 5.41) is 4.80. The van der Waals surface area contributed by atoms with E-state index in [1.807, 2.05) is 19.1 Å². The Morgan fingerprint density at radius 2 is 1.94 bits per heavy atom.